The molecule has 1 saturated heterocycles. The van der Waals surface area contributed by atoms with E-state index in [4.69, 9.17) is 14.2 Å². The van der Waals surface area contributed by atoms with Crippen LogP contribution < -0.4 is 14.2 Å². The molecule has 5 atom stereocenters. The van der Waals surface area contributed by atoms with Crippen molar-refractivity contribution in [2.45, 2.75) is 102 Å². The zero-order valence-corrected chi connectivity index (χ0v) is 31.3. The van der Waals surface area contributed by atoms with Crippen LogP contribution >= 0.6 is 0 Å². The van der Waals surface area contributed by atoms with Gasteiger partial charge in [-0.25, -0.2) is 18.2 Å². The standard InChI is InChI=1S/C37H50N4O9S/c1-9-24-19-37(24,34(44)39-51(46,47)27-11-12-27)20-31(42)29-18-26(49-32-28-13-10-25(48-8)17-23(28)14-15-38-32)21-41(29)33(43)30(16-22(2)3)40(7)35(45)50-36(4,5)6/h9-10,13-15,17,22,24,26-27,29-30H,1,11-12,16,18-21H2,2-8H3,(H,39,44)/t24-,26?,29+,30+,37-/m1/s1. The lowest BCUT2D eigenvalue weighted by Crippen LogP contribution is -2.54. The van der Waals surface area contributed by atoms with Gasteiger partial charge < -0.3 is 19.1 Å². The highest BCUT2D eigenvalue weighted by Crippen LogP contribution is 2.57. The second-order valence-electron chi connectivity index (χ2n) is 15.4. The molecular weight excluding hydrogens is 676 g/mol. The third-order valence-electron chi connectivity index (χ3n) is 9.82. The van der Waals surface area contributed by atoms with Crippen molar-refractivity contribution in [3.05, 3.63) is 43.1 Å². The zero-order valence-electron chi connectivity index (χ0n) is 30.5. The summed E-state index contributed by atoms with van der Waals surface area (Å²) in [5.41, 5.74) is -2.10. The first-order valence-electron chi connectivity index (χ1n) is 17.5. The molecule has 1 aliphatic heterocycles. The minimum atomic E-state index is -3.85. The van der Waals surface area contributed by atoms with Gasteiger partial charge in [0.25, 0.3) is 0 Å². The van der Waals surface area contributed by atoms with E-state index in [-0.39, 0.29) is 31.7 Å². The molecule has 0 radical (unpaired) electrons. The summed E-state index contributed by atoms with van der Waals surface area (Å²) < 4.78 is 45.0. The van der Waals surface area contributed by atoms with Crippen LogP contribution in [0.3, 0.4) is 0 Å². The molecule has 1 aromatic carbocycles. The first kappa shape index (κ1) is 38.0. The molecular formula is C37H50N4O9S. The highest BCUT2D eigenvalue weighted by molar-refractivity contribution is 7.90. The predicted molar refractivity (Wildman–Crippen MR) is 191 cm³/mol. The zero-order chi connectivity index (χ0) is 37.5. The summed E-state index contributed by atoms with van der Waals surface area (Å²) in [7, 11) is -0.771. The molecule has 1 N–H and O–H groups in total. The number of likely N-dealkylation sites (tertiary alicyclic amines) is 1. The van der Waals surface area contributed by atoms with Crippen molar-refractivity contribution in [2.24, 2.45) is 17.3 Å². The number of Topliss-reactive ketones (excluding diaryl/α,β-unsaturated/α-hetero) is 1. The van der Waals surface area contributed by atoms with E-state index in [1.54, 1.807) is 46.2 Å². The molecule has 3 fully saturated rings. The van der Waals surface area contributed by atoms with Gasteiger partial charge in [0.2, 0.25) is 27.7 Å². The summed E-state index contributed by atoms with van der Waals surface area (Å²) in [6, 6.07) is 5.31. The minimum absolute atomic E-state index is 0.00436. The van der Waals surface area contributed by atoms with E-state index in [9.17, 15) is 27.6 Å². The number of amides is 3. The van der Waals surface area contributed by atoms with Gasteiger partial charge in [0, 0.05) is 31.5 Å². The first-order chi connectivity index (χ1) is 23.9. The van der Waals surface area contributed by atoms with Gasteiger partial charge in [0.05, 0.1) is 30.4 Å². The van der Waals surface area contributed by atoms with Gasteiger partial charge in [-0.1, -0.05) is 19.9 Å². The summed E-state index contributed by atoms with van der Waals surface area (Å²) in [6.45, 7) is 12.9. The molecule has 278 valence electrons. The number of hydrogen-bond donors (Lipinski definition) is 1. The monoisotopic (exact) mass is 726 g/mol. The van der Waals surface area contributed by atoms with Crippen LogP contribution in [0.5, 0.6) is 11.6 Å². The lowest BCUT2D eigenvalue weighted by atomic mass is 9.91. The van der Waals surface area contributed by atoms with Gasteiger partial charge in [-0.05, 0) is 87.9 Å². The fourth-order valence-corrected chi connectivity index (χ4v) is 8.16. The van der Waals surface area contributed by atoms with Crippen molar-refractivity contribution in [1.82, 2.24) is 19.5 Å². The molecule has 2 heterocycles. The first-order valence-corrected chi connectivity index (χ1v) is 19.0. The maximum absolute atomic E-state index is 14.6. The van der Waals surface area contributed by atoms with Crippen molar-refractivity contribution in [3.8, 4) is 11.6 Å². The van der Waals surface area contributed by atoms with Gasteiger partial charge in [0.15, 0.2) is 5.78 Å². The third kappa shape index (κ3) is 8.48. The Morgan fingerprint density at radius 3 is 2.47 bits per heavy atom. The molecule has 1 unspecified atom stereocenters. The van der Waals surface area contributed by atoms with E-state index in [2.05, 4.69) is 16.3 Å². The second-order valence-corrected chi connectivity index (χ2v) is 17.4. The third-order valence-corrected chi connectivity index (χ3v) is 11.6. The van der Waals surface area contributed by atoms with E-state index in [1.807, 2.05) is 32.0 Å². The van der Waals surface area contributed by atoms with Crippen LogP contribution in [-0.2, 0) is 29.1 Å². The topological polar surface area (TPSA) is 162 Å². The Morgan fingerprint density at radius 2 is 1.88 bits per heavy atom. The number of rotatable bonds is 14. The van der Waals surface area contributed by atoms with Crippen LogP contribution in [0.2, 0.25) is 0 Å². The highest BCUT2D eigenvalue weighted by atomic mass is 32.2. The normalized spacial score (nSPS) is 23.8. The Morgan fingerprint density at radius 1 is 1.18 bits per heavy atom. The average Bonchev–Trinajstić information content (AvgIpc) is 3.98. The van der Waals surface area contributed by atoms with E-state index in [0.29, 0.717) is 36.3 Å². The summed E-state index contributed by atoms with van der Waals surface area (Å²) in [4.78, 5) is 62.8. The van der Waals surface area contributed by atoms with Gasteiger partial charge in [-0.15, -0.1) is 6.58 Å². The largest absolute Gasteiger partial charge is 0.497 e. The molecule has 2 aliphatic carbocycles. The Kier molecular flexibility index (Phi) is 10.8. The number of carbonyl (C=O) groups excluding carboxylic acids is 4. The number of nitrogens with zero attached hydrogens (tertiary/aromatic N) is 3. The smallest absolute Gasteiger partial charge is 0.410 e. The number of ketones is 1. The van der Waals surface area contributed by atoms with E-state index in [0.717, 1.165) is 5.39 Å². The molecule has 2 aromatic rings. The number of benzene rings is 1. The molecule has 3 aliphatic rings. The number of ether oxygens (including phenoxy) is 3. The molecule has 51 heavy (non-hydrogen) atoms. The van der Waals surface area contributed by atoms with Crippen LogP contribution in [0.1, 0.15) is 73.1 Å². The Labute approximate surface area is 300 Å². The molecule has 5 rings (SSSR count). The Balaban J connectivity index is 1.45. The fraction of sp³-hybridized carbons (Fsp3) is 0.595. The quantitative estimate of drug-likeness (QED) is 0.272. The number of hydrogen-bond acceptors (Lipinski definition) is 10. The molecule has 0 bridgehead atoms. The number of methoxy groups -OCH3 is 1. The van der Waals surface area contributed by atoms with Crippen molar-refractivity contribution in [1.29, 1.82) is 0 Å². The molecule has 2 saturated carbocycles. The summed E-state index contributed by atoms with van der Waals surface area (Å²) in [5, 5.41) is 0.930. The maximum atomic E-state index is 14.6. The van der Waals surface area contributed by atoms with Crippen molar-refractivity contribution >= 4 is 44.5 Å². The molecule has 14 heteroatoms. The van der Waals surface area contributed by atoms with E-state index < -0.39 is 74.1 Å². The van der Waals surface area contributed by atoms with Crippen LogP contribution in [0.25, 0.3) is 10.8 Å². The van der Waals surface area contributed by atoms with Crippen LogP contribution in [0, 0.1) is 17.3 Å². The van der Waals surface area contributed by atoms with Crippen LogP contribution in [-0.4, -0.2) is 96.6 Å². The van der Waals surface area contributed by atoms with Crippen molar-refractivity contribution < 1.29 is 41.8 Å². The van der Waals surface area contributed by atoms with Crippen molar-refractivity contribution in [3.63, 3.8) is 0 Å². The summed E-state index contributed by atoms with van der Waals surface area (Å²) >= 11 is 0. The fourth-order valence-electron chi connectivity index (χ4n) is 6.77. The van der Waals surface area contributed by atoms with Crippen LogP contribution in [0.4, 0.5) is 4.79 Å². The highest BCUT2D eigenvalue weighted by Gasteiger charge is 2.61. The van der Waals surface area contributed by atoms with Crippen molar-refractivity contribution in [2.75, 3.05) is 20.7 Å². The average molecular weight is 727 g/mol. The number of sulfonamides is 1. The van der Waals surface area contributed by atoms with Crippen LogP contribution in [0.15, 0.2) is 43.1 Å². The second kappa shape index (κ2) is 14.4. The maximum Gasteiger partial charge on any atom is 0.410 e. The SMILES string of the molecule is C=C[C@@H]1C[C@]1(CC(=O)[C@@H]1CC(Oc2nccc3cc(OC)ccc23)CN1C(=O)[C@H](CC(C)C)N(C)C(=O)OC(C)(C)C)C(=O)NS(=O)(=O)C1CC1. The minimum Gasteiger partial charge on any atom is -0.497 e. The number of carbonyl (C=O) groups is 4. The van der Waals surface area contributed by atoms with Gasteiger partial charge >= 0.3 is 6.09 Å². The lowest BCUT2D eigenvalue weighted by Gasteiger charge is -2.35. The Bertz CT molecular complexity index is 1800. The predicted octanol–water partition coefficient (Wildman–Crippen LogP) is 4.63. The molecule has 13 nitrogen and oxygen atoms in total. The van der Waals surface area contributed by atoms with Gasteiger partial charge in [-0.2, -0.15) is 0 Å². The molecule has 1 aromatic heterocycles. The number of aromatic nitrogens is 1. The molecule has 3 amide bonds. The van der Waals surface area contributed by atoms with Gasteiger partial charge in [0.1, 0.15) is 23.5 Å². The lowest BCUT2D eigenvalue weighted by molar-refractivity contribution is -0.143. The number of pyridine rings is 1. The number of allylic oxidation sites excluding steroid dienone is 1. The number of fused-ring (bicyclic) bond motifs is 1. The number of nitrogens with one attached hydrogen (secondary N) is 1. The Hall–Kier alpha value is -4.20. The molecule has 0 spiro atoms. The number of likely N-dealkylation sites (N-methyl/N-ethyl adjacent to an activating group) is 1. The van der Waals surface area contributed by atoms with Gasteiger partial charge in [-0.3, -0.25) is 24.0 Å². The summed E-state index contributed by atoms with van der Waals surface area (Å²) in [6.07, 6.45) is 3.16. The van der Waals surface area contributed by atoms with E-state index >= 15 is 0 Å². The van der Waals surface area contributed by atoms with E-state index in [1.165, 1.54) is 16.8 Å². The summed E-state index contributed by atoms with van der Waals surface area (Å²) in [5.74, 6) is -1.01.